The van der Waals surface area contributed by atoms with E-state index < -0.39 is 0 Å². The van der Waals surface area contributed by atoms with Crippen LogP contribution in [0.2, 0.25) is 0 Å². The van der Waals surface area contributed by atoms with Crippen LogP contribution in [-0.2, 0) is 6.42 Å². The predicted octanol–water partition coefficient (Wildman–Crippen LogP) is 2.76. The van der Waals surface area contributed by atoms with Crippen LogP contribution in [0, 0.1) is 0 Å². The molecule has 5 heteroatoms. The molecule has 0 spiro atoms. The molecule has 0 aliphatic heterocycles. The third-order valence-corrected chi connectivity index (χ3v) is 3.07. The molecule has 2 heterocycles. The van der Waals surface area contributed by atoms with Gasteiger partial charge in [0.25, 0.3) is 5.89 Å². The monoisotopic (exact) mass is 257 g/mol. The minimum Gasteiger partial charge on any atom is -0.451 e. The Hall–Kier alpha value is -2.14. The molecule has 0 aliphatic rings. The third kappa shape index (κ3) is 2.37. The first kappa shape index (κ1) is 11.9. The van der Waals surface area contributed by atoms with Gasteiger partial charge < -0.3 is 14.7 Å². The summed E-state index contributed by atoms with van der Waals surface area (Å²) in [5.41, 5.74) is 6.68. The van der Waals surface area contributed by atoms with Crippen molar-refractivity contribution in [3.8, 4) is 11.7 Å². The van der Waals surface area contributed by atoms with Gasteiger partial charge in [0, 0.05) is 17.8 Å². The van der Waals surface area contributed by atoms with E-state index in [1.807, 2.05) is 37.3 Å². The Morgan fingerprint density at radius 3 is 2.95 bits per heavy atom. The molecule has 1 unspecified atom stereocenters. The Labute approximate surface area is 110 Å². The Kier molecular flexibility index (Phi) is 3.05. The van der Waals surface area contributed by atoms with E-state index in [1.54, 1.807) is 0 Å². The Morgan fingerprint density at radius 1 is 1.32 bits per heavy atom. The molecule has 98 valence electrons. The van der Waals surface area contributed by atoms with Crippen LogP contribution in [0.3, 0.4) is 0 Å². The molecular weight excluding hydrogens is 242 g/mol. The summed E-state index contributed by atoms with van der Waals surface area (Å²) in [5, 5.41) is 4.94. The van der Waals surface area contributed by atoms with Crippen LogP contribution in [0.5, 0.6) is 0 Å². The summed E-state index contributed by atoms with van der Waals surface area (Å²) in [5.74, 6) is 1.60. The molecule has 19 heavy (non-hydrogen) atoms. The minimum atomic E-state index is 0.0566. The largest absolute Gasteiger partial charge is 0.451 e. The third-order valence-electron chi connectivity index (χ3n) is 3.07. The second-order valence-corrected chi connectivity index (χ2v) is 4.54. The molecule has 2 aromatic heterocycles. The number of aromatic nitrogens is 2. The summed E-state index contributed by atoms with van der Waals surface area (Å²) in [7, 11) is 0. The Morgan fingerprint density at radius 2 is 2.16 bits per heavy atom. The van der Waals surface area contributed by atoms with Crippen LogP contribution < -0.4 is 5.73 Å². The number of hydrogen-bond acceptors (Lipinski definition) is 5. The van der Waals surface area contributed by atoms with Crippen LogP contribution >= 0.6 is 0 Å². The molecule has 1 atom stereocenters. The number of rotatable bonds is 4. The van der Waals surface area contributed by atoms with E-state index in [4.69, 9.17) is 14.7 Å². The van der Waals surface area contributed by atoms with Crippen molar-refractivity contribution in [3.63, 3.8) is 0 Å². The summed E-state index contributed by atoms with van der Waals surface area (Å²) in [6.45, 7) is 2.03. The average molecular weight is 257 g/mol. The zero-order chi connectivity index (χ0) is 13.2. The van der Waals surface area contributed by atoms with Gasteiger partial charge in [0.2, 0.25) is 0 Å². The van der Waals surface area contributed by atoms with Crippen molar-refractivity contribution >= 4 is 11.0 Å². The SMILES string of the molecule is CCC(N)Cc1noc(-c2cc3ccccc3o2)n1. The number of para-hydroxylation sites is 1. The van der Waals surface area contributed by atoms with E-state index in [2.05, 4.69) is 10.1 Å². The van der Waals surface area contributed by atoms with Crippen molar-refractivity contribution in [1.82, 2.24) is 10.1 Å². The lowest BCUT2D eigenvalue weighted by atomic mass is 10.2. The van der Waals surface area contributed by atoms with Gasteiger partial charge in [-0.3, -0.25) is 0 Å². The fraction of sp³-hybridized carbons (Fsp3) is 0.286. The van der Waals surface area contributed by atoms with Gasteiger partial charge >= 0.3 is 0 Å². The zero-order valence-corrected chi connectivity index (χ0v) is 10.7. The van der Waals surface area contributed by atoms with E-state index in [9.17, 15) is 0 Å². The lowest BCUT2D eigenvalue weighted by Crippen LogP contribution is -2.21. The maximum atomic E-state index is 5.87. The van der Waals surface area contributed by atoms with Gasteiger partial charge in [0.15, 0.2) is 11.6 Å². The highest BCUT2D eigenvalue weighted by Crippen LogP contribution is 2.26. The average Bonchev–Trinajstić information content (AvgIpc) is 3.04. The van der Waals surface area contributed by atoms with Crippen LogP contribution in [0.4, 0.5) is 0 Å². The first-order valence-electron chi connectivity index (χ1n) is 6.33. The van der Waals surface area contributed by atoms with Gasteiger partial charge in [-0.2, -0.15) is 4.98 Å². The molecule has 0 radical (unpaired) electrons. The van der Waals surface area contributed by atoms with Crippen molar-refractivity contribution < 1.29 is 8.94 Å². The lowest BCUT2D eigenvalue weighted by Gasteiger charge is -2.02. The highest BCUT2D eigenvalue weighted by molar-refractivity contribution is 5.81. The number of nitrogens with two attached hydrogens (primary N) is 1. The van der Waals surface area contributed by atoms with Gasteiger partial charge in [-0.05, 0) is 18.6 Å². The number of nitrogens with zero attached hydrogens (tertiary/aromatic N) is 2. The highest BCUT2D eigenvalue weighted by Gasteiger charge is 2.14. The van der Waals surface area contributed by atoms with Crippen molar-refractivity contribution in [3.05, 3.63) is 36.2 Å². The molecule has 0 saturated heterocycles. The smallest absolute Gasteiger partial charge is 0.293 e. The molecule has 1 aromatic carbocycles. The van der Waals surface area contributed by atoms with Crippen molar-refractivity contribution in [2.24, 2.45) is 5.73 Å². The number of furan rings is 1. The van der Waals surface area contributed by atoms with Gasteiger partial charge in [0.1, 0.15) is 5.58 Å². The molecule has 0 aliphatic carbocycles. The molecule has 0 bridgehead atoms. The summed E-state index contributed by atoms with van der Waals surface area (Å²) < 4.78 is 10.9. The van der Waals surface area contributed by atoms with Crippen LogP contribution in [0.15, 0.2) is 39.3 Å². The van der Waals surface area contributed by atoms with Gasteiger partial charge in [-0.15, -0.1) is 0 Å². The first-order valence-corrected chi connectivity index (χ1v) is 6.33. The maximum Gasteiger partial charge on any atom is 0.293 e. The van der Waals surface area contributed by atoms with E-state index in [1.165, 1.54) is 0 Å². The van der Waals surface area contributed by atoms with Crippen LogP contribution in [0.1, 0.15) is 19.2 Å². The van der Waals surface area contributed by atoms with Gasteiger partial charge in [0.05, 0.1) is 0 Å². The van der Waals surface area contributed by atoms with Gasteiger partial charge in [-0.1, -0.05) is 30.3 Å². The number of fused-ring (bicyclic) bond motifs is 1. The first-order chi connectivity index (χ1) is 9.26. The normalized spacial score (nSPS) is 12.9. The van der Waals surface area contributed by atoms with Gasteiger partial charge in [-0.25, -0.2) is 0 Å². The Balaban J connectivity index is 1.89. The molecule has 3 rings (SSSR count). The van der Waals surface area contributed by atoms with E-state index in [-0.39, 0.29) is 6.04 Å². The number of hydrogen-bond donors (Lipinski definition) is 1. The lowest BCUT2D eigenvalue weighted by molar-refractivity contribution is 0.409. The predicted molar refractivity (Wildman–Crippen MR) is 71.5 cm³/mol. The standard InChI is InChI=1S/C14H15N3O2/c1-2-10(15)8-13-16-14(19-17-13)12-7-9-5-3-4-6-11(9)18-12/h3-7,10H,2,8,15H2,1H3. The molecular formula is C14H15N3O2. The highest BCUT2D eigenvalue weighted by atomic mass is 16.5. The van der Waals surface area contributed by atoms with Crippen LogP contribution in [0.25, 0.3) is 22.6 Å². The van der Waals surface area contributed by atoms with E-state index in [0.29, 0.717) is 23.9 Å². The fourth-order valence-corrected chi connectivity index (χ4v) is 1.90. The van der Waals surface area contributed by atoms with Crippen molar-refractivity contribution in [1.29, 1.82) is 0 Å². The van der Waals surface area contributed by atoms with E-state index in [0.717, 1.165) is 17.4 Å². The molecule has 2 N–H and O–H groups in total. The molecule has 0 amide bonds. The molecule has 5 nitrogen and oxygen atoms in total. The second kappa shape index (κ2) is 4.85. The molecule has 3 aromatic rings. The minimum absolute atomic E-state index is 0.0566. The zero-order valence-electron chi connectivity index (χ0n) is 10.7. The summed E-state index contributed by atoms with van der Waals surface area (Å²) in [4.78, 5) is 4.31. The van der Waals surface area contributed by atoms with Crippen molar-refractivity contribution in [2.45, 2.75) is 25.8 Å². The van der Waals surface area contributed by atoms with Crippen LogP contribution in [-0.4, -0.2) is 16.2 Å². The topological polar surface area (TPSA) is 78.1 Å². The maximum absolute atomic E-state index is 5.87. The molecule has 0 saturated carbocycles. The van der Waals surface area contributed by atoms with Crippen molar-refractivity contribution in [2.75, 3.05) is 0 Å². The quantitative estimate of drug-likeness (QED) is 0.777. The second-order valence-electron chi connectivity index (χ2n) is 4.54. The Bertz CT molecular complexity index is 654. The molecule has 0 fully saturated rings. The fourth-order valence-electron chi connectivity index (χ4n) is 1.90. The van der Waals surface area contributed by atoms with E-state index >= 15 is 0 Å². The summed E-state index contributed by atoms with van der Waals surface area (Å²) >= 11 is 0. The summed E-state index contributed by atoms with van der Waals surface area (Å²) in [6.07, 6.45) is 1.49. The number of benzene rings is 1. The summed E-state index contributed by atoms with van der Waals surface area (Å²) in [6, 6.07) is 9.72.